The Morgan fingerprint density at radius 3 is 2.28 bits per heavy atom. The summed E-state index contributed by atoms with van der Waals surface area (Å²) in [5, 5.41) is 0. The van der Waals surface area contributed by atoms with Gasteiger partial charge in [-0.25, -0.2) is 17.5 Å². The fourth-order valence-corrected chi connectivity index (χ4v) is 3.65. The Morgan fingerprint density at radius 1 is 1.12 bits per heavy atom. The van der Waals surface area contributed by atoms with Gasteiger partial charge in [-0.1, -0.05) is 18.2 Å². The number of halogens is 1. The number of hydrogen-bond donors (Lipinski definition) is 2. The van der Waals surface area contributed by atoms with Crippen molar-refractivity contribution in [3.05, 3.63) is 59.9 Å². The molecule has 0 aliphatic carbocycles. The van der Waals surface area contributed by atoms with Crippen molar-refractivity contribution in [2.45, 2.75) is 10.9 Å². The number of rotatable bonds is 7. The molecule has 2 rings (SSSR count). The highest BCUT2D eigenvalue weighted by Crippen LogP contribution is 2.17. The van der Waals surface area contributed by atoms with Crippen molar-refractivity contribution < 1.29 is 17.7 Å². The highest BCUT2D eigenvalue weighted by Gasteiger charge is 2.22. The maximum atomic E-state index is 13.3. The zero-order chi connectivity index (χ0) is 18.6. The van der Waals surface area contributed by atoms with Crippen LogP contribution in [0.3, 0.4) is 0 Å². The van der Waals surface area contributed by atoms with Crippen molar-refractivity contribution in [3.8, 4) is 0 Å². The van der Waals surface area contributed by atoms with E-state index in [1.807, 2.05) is 57.4 Å². The van der Waals surface area contributed by atoms with Crippen molar-refractivity contribution in [1.82, 2.24) is 4.72 Å². The number of likely N-dealkylation sites (N-methyl/N-ethyl adjacent to an activating group) is 1. The maximum absolute atomic E-state index is 13.3. The lowest BCUT2D eigenvalue weighted by atomic mass is 10.1. The molecule has 0 amide bonds. The van der Waals surface area contributed by atoms with Gasteiger partial charge in [-0.15, -0.1) is 0 Å². The van der Waals surface area contributed by atoms with Crippen LogP contribution in [0.1, 0.15) is 11.6 Å². The van der Waals surface area contributed by atoms with Gasteiger partial charge >= 0.3 is 0 Å². The average Bonchev–Trinajstić information content (AvgIpc) is 2.55. The molecular weight excluding hydrogens is 341 g/mol. The molecule has 0 bridgehead atoms. The number of hydrogen-bond acceptors (Lipinski definition) is 3. The van der Waals surface area contributed by atoms with Crippen molar-refractivity contribution in [2.75, 3.05) is 39.6 Å². The van der Waals surface area contributed by atoms with Gasteiger partial charge in [0, 0.05) is 25.3 Å². The minimum atomic E-state index is -3.75. The molecule has 0 fully saturated rings. The molecule has 0 spiro atoms. The number of benzene rings is 2. The zero-order valence-electron chi connectivity index (χ0n) is 15.0. The quantitative estimate of drug-likeness (QED) is 0.770. The molecule has 25 heavy (non-hydrogen) atoms. The van der Waals surface area contributed by atoms with E-state index in [4.69, 9.17) is 0 Å². The highest BCUT2D eigenvalue weighted by molar-refractivity contribution is 7.89. The number of quaternary nitrogens is 1. The van der Waals surface area contributed by atoms with E-state index in [1.165, 1.54) is 18.2 Å². The second-order valence-electron chi connectivity index (χ2n) is 6.43. The molecule has 0 unspecified atom stereocenters. The Balaban J connectivity index is 2.17. The molecule has 136 valence electrons. The van der Waals surface area contributed by atoms with Crippen LogP contribution in [0.15, 0.2) is 53.4 Å². The number of nitrogens with one attached hydrogen (secondary N) is 2. The second-order valence-corrected chi connectivity index (χ2v) is 8.19. The Kier molecular flexibility index (Phi) is 6.16. The van der Waals surface area contributed by atoms with Crippen LogP contribution >= 0.6 is 0 Å². The number of nitrogens with zero attached hydrogens (tertiary/aromatic N) is 1. The van der Waals surface area contributed by atoms with Crippen molar-refractivity contribution in [1.29, 1.82) is 0 Å². The van der Waals surface area contributed by atoms with E-state index in [9.17, 15) is 12.8 Å². The summed E-state index contributed by atoms with van der Waals surface area (Å²) in [4.78, 5) is 3.04. The first-order valence-electron chi connectivity index (χ1n) is 8.03. The minimum absolute atomic E-state index is 0.0560. The number of sulfonamides is 1. The molecule has 0 radical (unpaired) electrons. The van der Waals surface area contributed by atoms with Crippen LogP contribution in [0.5, 0.6) is 0 Å². The van der Waals surface area contributed by atoms with E-state index < -0.39 is 15.8 Å². The third-order valence-corrected chi connectivity index (χ3v) is 5.51. The van der Waals surface area contributed by atoms with Gasteiger partial charge in [-0.2, -0.15) is 0 Å². The average molecular weight is 366 g/mol. The fourth-order valence-electron chi connectivity index (χ4n) is 2.57. The van der Waals surface area contributed by atoms with Gasteiger partial charge < -0.3 is 9.80 Å². The molecule has 0 saturated heterocycles. The van der Waals surface area contributed by atoms with E-state index in [2.05, 4.69) is 4.72 Å². The van der Waals surface area contributed by atoms with Gasteiger partial charge in [0.05, 0.1) is 25.5 Å². The fraction of sp³-hybridized carbons (Fsp3) is 0.333. The lowest BCUT2D eigenvalue weighted by Crippen LogP contribution is -3.07. The van der Waals surface area contributed by atoms with Crippen LogP contribution in [0.25, 0.3) is 0 Å². The first-order valence-corrected chi connectivity index (χ1v) is 9.51. The smallest absolute Gasteiger partial charge is 0.240 e. The molecule has 0 aliphatic rings. The summed E-state index contributed by atoms with van der Waals surface area (Å²) < 4.78 is 40.7. The predicted octanol–water partition coefficient (Wildman–Crippen LogP) is 1.06. The summed E-state index contributed by atoms with van der Waals surface area (Å²) in [6.45, 7) is 0.225. The monoisotopic (exact) mass is 366 g/mol. The van der Waals surface area contributed by atoms with Gasteiger partial charge in [0.1, 0.15) is 11.9 Å². The molecule has 2 aromatic rings. The topological polar surface area (TPSA) is 53.9 Å². The summed E-state index contributed by atoms with van der Waals surface area (Å²) in [6, 6.07) is 13.0. The SMILES string of the molecule is CN(C)c1ccc([C@@H](CNS(=O)(=O)c2cccc(F)c2)[NH+](C)C)cc1. The molecular formula is C18H25FN3O2S+. The van der Waals surface area contributed by atoms with Crippen LogP contribution in [-0.2, 0) is 10.0 Å². The molecule has 1 atom stereocenters. The second kappa shape index (κ2) is 7.95. The summed E-state index contributed by atoms with van der Waals surface area (Å²) in [5.41, 5.74) is 2.11. The van der Waals surface area contributed by atoms with Crippen LogP contribution in [0.4, 0.5) is 10.1 Å². The minimum Gasteiger partial charge on any atom is -0.378 e. The first kappa shape index (κ1) is 19.4. The third-order valence-electron chi connectivity index (χ3n) is 4.09. The maximum Gasteiger partial charge on any atom is 0.240 e. The number of anilines is 1. The van der Waals surface area contributed by atoms with Gasteiger partial charge in [0.15, 0.2) is 0 Å². The predicted molar refractivity (Wildman–Crippen MR) is 97.9 cm³/mol. The van der Waals surface area contributed by atoms with Crippen LogP contribution in [-0.4, -0.2) is 43.2 Å². The molecule has 2 N–H and O–H groups in total. The largest absolute Gasteiger partial charge is 0.378 e. The van der Waals surface area contributed by atoms with E-state index in [-0.39, 0.29) is 17.5 Å². The Bertz CT molecular complexity index is 805. The standard InChI is InChI=1S/C18H24FN3O2S/c1-21(2)16-10-8-14(9-11-16)18(22(3)4)13-20-25(23,24)17-7-5-6-15(19)12-17/h5-12,18,20H,13H2,1-4H3/p+1/t18-/m1/s1. The summed E-state index contributed by atoms with van der Waals surface area (Å²) in [7, 11) is 4.13. The van der Waals surface area contributed by atoms with Gasteiger partial charge in [0.25, 0.3) is 0 Å². The third kappa shape index (κ3) is 5.01. The van der Waals surface area contributed by atoms with Crippen molar-refractivity contribution >= 4 is 15.7 Å². The van der Waals surface area contributed by atoms with Crippen LogP contribution in [0, 0.1) is 5.82 Å². The van der Waals surface area contributed by atoms with E-state index in [1.54, 1.807) is 0 Å². The molecule has 2 aromatic carbocycles. The van der Waals surface area contributed by atoms with Gasteiger partial charge in [0.2, 0.25) is 10.0 Å². The summed E-state index contributed by atoms with van der Waals surface area (Å²) in [6.07, 6.45) is 0. The molecule has 7 heteroatoms. The molecule has 0 heterocycles. The lowest BCUT2D eigenvalue weighted by Gasteiger charge is -2.23. The Morgan fingerprint density at radius 2 is 1.76 bits per heavy atom. The van der Waals surface area contributed by atoms with E-state index in [0.29, 0.717) is 0 Å². The van der Waals surface area contributed by atoms with E-state index >= 15 is 0 Å². The normalized spacial score (nSPS) is 13.0. The summed E-state index contributed by atoms with van der Waals surface area (Å²) >= 11 is 0. The lowest BCUT2D eigenvalue weighted by molar-refractivity contribution is -0.890. The molecule has 0 aliphatic heterocycles. The van der Waals surface area contributed by atoms with Crippen molar-refractivity contribution in [3.63, 3.8) is 0 Å². The Labute approximate surface area is 149 Å². The van der Waals surface area contributed by atoms with Gasteiger partial charge in [-0.05, 0) is 30.3 Å². The van der Waals surface area contributed by atoms with Gasteiger partial charge in [-0.3, -0.25) is 0 Å². The highest BCUT2D eigenvalue weighted by atomic mass is 32.2. The molecule has 0 saturated carbocycles. The van der Waals surface area contributed by atoms with E-state index in [0.717, 1.165) is 22.2 Å². The molecule has 0 aromatic heterocycles. The molecule has 5 nitrogen and oxygen atoms in total. The summed E-state index contributed by atoms with van der Waals surface area (Å²) in [5.74, 6) is -0.572. The first-order chi connectivity index (χ1) is 11.7. The zero-order valence-corrected chi connectivity index (χ0v) is 15.8. The van der Waals surface area contributed by atoms with Crippen LogP contribution < -0.4 is 14.5 Å². The Hall–Kier alpha value is -1.96. The van der Waals surface area contributed by atoms with Crippen molar-refractivity contribution in [2.24, 2.45) is 0 Å². The van der Waals surface area contributed by atoms with Crippen LogP contribution in [0.2, 0.25) is 0 Å².